The summed E-state index contributed by atoms with van der Waals surface area (Å²) >= 11 is 11.9. The Morgan fingerprint density at radius 1 is 1.09 bits per heavy atom. The van der Waals surface area contributed by atoms with Crippen LogP contribution in [0.3, 0.4) is 0 Å². The van der Waals surface area contributed by atoms with Gasteiger partial charge in [-0.25, -0.2) is 13.8 Å². The van der Waals surface area contributed by atoms with Gasteiger partial charge >= 0.3 is 10.1 Å². The summed E-state index contributed by atoms with van der Waals surface area (Å²) in [7, 11) is -4.71. The lowest BCUT2D eigenvalue weighted by Crippen LogP contribution is -2.22. The quantitative estimate of drug-likeness (QED) is 0.515. The van der Waals surface area contributed by atoms with Gasteiger partial charge in [0.05, 0.1) is 28.2 Å². The Hall–Kier alpha value is -2.53. The molecule has 1 saturated heterocycles. The van der Waals surface area contributed by atoms with Crippen molar-refractivity contribution in [2.45, 2.75) is 23.4 Å². The fourth-order valence-corrected chi connectivity index (χ4v) is 4.83. The fraction of sp³-hybridized carbons (Fsp3) is 0.200. The van der Waals surface area contributed by atoms with Crippen LogP contribution in [0.5, 0.6) is 0 Å². The Morgan fingerprint density at radius 3 is 2.09 bits per heavy atom. The molecule has 168 valence electrons. The molecule has 0 saturated carbocycles. The molecule has 0 spiro atoms. The van der Waals surface area contributed by atoms with Crippen LogP contribution in [0.4, 0.5) is 8.78 Å². The van der Waals surface area contributed by atoms with E-state index in [0.29, 0.717) is 11.1 Å². The molecule has 1 atom stereocenters. The van der Waals surface area contributed by atoms with Gasteiger partial charge in [0, 0.05) is 13.0 Å². The van der Waals surface area contributed by atoms with E-state index in [4.69, 9.17) is 23.2 Å². The highest BCUT2D eigenvalue weighted by Gasteiger charge is 2.34. The van der Waals surface area contributed by atoms with Crippen LogP contribution in [0.15, 0.2) is 47.6 Å². The number of carbonyl (C=O) groups is 1. The summed E-state index contributed by atoms with van der Waals surface area (Å²) in [4.78, 5) is 16.0. The highest BCUT2D eigenvalue weighted by molar-refractivity contribution is 7.85. The number of imidazole rings is 1. The first kappa shape index (κ1) is 22.7. The molecule has 3 aromatic rings. The standard InChI is InChI=1S/C20H15Cl2F2N3O4S/c21-13-5-10(1-3-15(13)23)19(11-2-4-16(24)14(22)6-11)20-26-9-18(32(29,30)31)27(20)12-7-17(28)25-8-12/h1-6,9,12,19H,7-8H2,(H,25,28)(H,29,30,31). The van der Waals surface area contributed by atoms with E-state index in [0.717, 1.165) is 18.3 Å². The average molecular weight is 502 g/mol. The number of carbonyl (C=O) groups excluding carboxylic acids is 1. The van der Waals surface area contributed by atoms with Crippen LogP contribution in [-0.2, 0) is 14.9 Å². The molecule has 2 heterocycles. The maximum atomic E-state index is 13.8. The topological polar surface area (TPSA) is 101 Å². The first-order valence-electron chi connectivity index (χ1n) is 9.27. The van der Waals surface area contributed by atoms with Gasteiger partial charge in [0.15, 0.2) is 5.03 Å². The SMILES string of the molecule is O=C1CC(n2c(S(=O)(=O)O)cnc2C(c2ccc(F)c(Cl)c2)c2ccc(F)c(Cl)c2)CN1. The summed E-state index contributed by atoms with van der Waals surface area (Å²) < 4.78 is 62.8. The Bertz CT molecular complexity index is 1280. The second-order valence-corrected chi connectivity index (χ2v) is 9.42. The summed E-state index contributed by atoms with van der Waals surface area (Å²) in [6.07, 6.45) is 0.920. The lowest BCUT2D eigenvalue weighted by Gasteiger charge is -2.23. The number of rotatable bonds is 5. The van der Waals surface area contributed by atoms with Gasteiger partial charge in [-0.3, -0.25) is 9.35 Å². The number of hydrogen-bond donors (Lipinski definition) is 2. The predicted molar refractivity (Wildman–Crippen MR) is 112 cm³/mol. The van der Waals surface area contributed by atoms with Crippen LogP contribution >= 0.6 is 23.2 Å². The summed E-state index contributed by atoms with van der Waals surface area (Å²) in [6, 6.07) is 7.11. The molecule has 32 heavy (non-hydrogen) atoms. The van der Waals surface area contributed by atoms with Gasteiger partial charge in [-0.05, 0) is 35.4 Å². The van der Waals surface area contributed by atoms with Gasteiger partial charge in [0.2, 0.25) is 5.91 Å². The monoisotopic (exact) mass is 501 g/mol. The second-order valence-electron chi connectivity index (χ2n) is 7.24. The molecule has 1 amide bonds. The van der Waals surface area contributed by atoms with Crippen LogP contribution in [-0.4, -0.2) is 35.0 Å². The largest absolute Gasteiger partial charge is 0.354 e. The zero-order valence-electron chi connectivity index (χ0n) is 16.1. The minimum absolute atomic E-state index is 0.0487. The van der Waals surface area contributed by atoms with E-state index in [1.165, 1.54) is 28.8 Å². The number of nitrogens with zero attached hydrogens (tertiary/aromatic N) is 2. The van der Waals surface area contributed by atoms with Gasteiger partial charge in [-0.2, -0.15) is 8.42 Å². The highest BCUT2D eigenvalue weighted by atomic mass is 35.5. The van der Waals surface area contributed by atoms with Gasteiger partial charge in [0.25, 0.3) is 0 Å². The predicted octanol–water partition coefficient (Wildman–Crippen LogP) is 3.96. The summed E-state index contributed by atoms with van der Waals surface area (Å²) in [5.41, 5.74) is 0.815. The van der Waals surface area contributed by atoms with Crippen molar-refractivity contribution in [3.8, 4) is 0 Å². The molecule has 1 aromatic heterocycles. The Labute approximate surface area is 191 Å². The molecule has 1 unspecified atom stereocenters. The van der Waals surface area contributed by atoms with Crippen molar-refractivity contribution >= 4 is 39.2 Å². The molecule has 7 nitrogen and oxygen atoms in total. The first-order chi connectivity index (χ1) is 15.1. The van der Waals surface area contributed by atoms with Crippen molar-refractivity contribution in [2.75, 3.05) is 6.54 Å². The van der Waals surface area contributed by atoms with Gasteiger partial charge in [-0.15, -0.1) is 0 Å². The van der Waals surface area contributed by atoms with Crippen molar-refractivity contribution in [3.63, 3.8) is 0 Å². The molecule has 0 radical (unpaired) electrons. The average Bonchev–Trinajstić information content (AvgIpc) is 3.34. The Balaban J connectivity index is 1.99. The molecular formula is C20H15Cl2F2N3O4S. The van der Waals surface area contributed by atoms with Crippen molar-refractivity contribution in [3.05, 3.63) is 81.2 Å². The second kappa shape index (κ2) is 8.43. The number of nitrogens with one attached hydrogen (secondary N) is 1. The number of hydrogen-bond acceptors (Lipinski definition) is 4. The number of aromatic nitrogens is 2. The lowest BCUT2D eigenvalue weighted by molar-refractivity contribution is -0.119. The maximum Gasteiger partial charge on any atom is 0.311 e. The van der Waals surface area contributed by atoms with Crippen molar-refractivity contribution in [1.82, 2.24) is 14.9 Å². The molecule has 4 rings (SSSR count). The number of benzene rings is 2. The van der Waals surface area contributed by atoms with Crippen molar-refractivity contribution in [2.24, 2.45) is 0 Å². The third-order valence-electron chi connectivity index (χ3n) is 5.19. The molecule has 0 aliphatic carbocycles. The normalized spacial score (nSPS) is 16.6. The summed E-state index contributed by atoms with van der Waals surface area (Å²) in [6.45, 7) is 0.103. The van der Waals surface area contributed by atoms with Crippen LogP contribution < -0.4 is 5.32 Å². The van der Waals surface area contributed by atoms with E-state index in [2.05, 4.69) is 10.3 Å². The molecular weight excluding hydrogens is 487 g/mol. The third-order valence-corrected chi connectivity index (χ3v) is 6.60. The smallest absolute Gasteiger partial charge is 0.311 e. The van der Waals surface area contributed by atoms with E-state index < -0.39 is 38.7 Å². The van der Waals surface area contributed by atoms with E-state index in [1.807, 2.05) is 0 Å². The van der Waals surface area contributed by atoms with Gasteiger partial charge in [-0.1, -0.05) is 35.3 Å². The van der Waals surface area contributed by atoms with Gasteiger partial charge in [0.1, 0.15) is 17.5 Å². The zero-order chi connectivity index (χ0) is 23.2. The molecule has 1 aliphatic heterocycles. The number of halogens is 4. The molecule has 2 aromatic carbocycles. The molecule has 2 N–H and O–H groups in total. The fourth-order valence-electron chi connectivity index (χ4n) is 3.78. The Morgan fingerprint density at radius 2 is 1.66 bits per heavy atom. The minimum Gasteiger partial charge on any atom is -0.354 e. The third kappa shape index (κ3) is 4.23. The molecule has 1 fully saturated rings. The first-order valence-corrected chi connectivity index (χ1v) is 11.5. The van der Waals surface area contributed by atoms with E-state index in [-0.39, 0.29) is 34.7 Å². The van der Waals surface area contributed by atoms with Crippen molar-refractivity contribution < 1.29 is 26.5 Å². The van der Waals surface area contributed by atoms with Crippen LogP contribution in [0.2, 0.25) is 10.0 Å². The zero-order valence-corrected chi connectivity index (χ0v) is 18.4. The maximum absolute atomic E-state index is 13.8. The van der Waals surface area contributed by atoms with E-state index in [9.17, 15) is 26.5 Å². The van der Waals surface area contributed by atoms with Gasteiger partial charge < -0.3 is 9.88 Å². The van der Waals surface area contributed by atoms with E-state index >= 15 is 0 Å². The van der Waals surface area contributed by atoms with Crippen LogP contribution in [0.25, 0.3) is 0 Å². The molecule has 0 bridgehead atoms. The summed E-state index contributed by atoms with van der Waals surface area (Å²) in [5, 5.41) is 1.72. The number of amides is 1. The molecule has 1 aliphatic rings. The van der Waals surface area contributed by atoms with Crippen LogP contribution in [0, 0.1) is 11.6 Å². The minimum atomic E-state index is -4.71. The van der Waals surface area contributed by atoms with Crippen molar-refractivity contribution in [1.29, 1.82) is 0 Å². The summed E-state index contributed by atoms with van der Waals surface area (Å²) in [5.74, 6) is -2.40. The van der Waals surface area contributed by atoms with Crippen LogP contribution in [0.1, 0.15) is 35.3 Å². The Kier molecular flexibility index (Phi) is 5.97. The molecule has 12 heteroatoms. The lowest BCUT2D eigenvalue weighted by atomic mass is 9.90. The van der Waals surface area contributed by atoms with E-state index in [1.54, 1.807) is 0 Å². The highest BCUT2D eigenvalue weighted by Crippen LogP contribution is 2.38.